The third-order valence-electron chi connectivity index (χ3n) is 5.35. The molecule has 0 aromatic heterocycles. The fourth-order valence-corrected chi connectivity index (χ4v) is 3.55. The van der Waals surface area contributed by atoms with Crippen molar-refractivity contribution in [1.29, 1.82) is 0 Å². The number of anilines is 2. The minimum atomic E-state index is -0.442. The number of piperazine rings is 1. The number of hydrogen-bond donors (Lipinski definition) is 1. The normalized spacial score (nSPS) is 15.6. The number of rotatable bonds is 6. The molecule has 0 unspecified atom stereocenters. The fraction of sp³-hybridized carbons (Fsp3) is 0.381. The molecule has 0 bridgehead atoms. The van der Waals surface area contributed by atoms with E-state index in [1.54, 1.807) is 20.1 Å². The quantitative estimate of drug-likeness (QED) is 0.594. The molecule has 0 aliphatic carbocycles. The Morgan fingerprint density at radius 3 is 2.48 bits per heavy atom. The van der Waals surface area contributed by atoms with E-state index in [1.165, 1.54) is 12.1 Å². The molecule has 8 nitrogen and oxygen atoms in total. The van der Waals surface area contributed by atoms with Crippen molar-refractivity contribution in [1.82, 2.24) is 4.90 Å². The van der Waals surface area contributed by atoms with Gasteiger partial charge in [-0.3, -0.25) is 19.8 Å². The van der Waals surface area contributed by atoms with Crippen LogP contribution in [0.3, 0.4) is 0 Å². The van der Waals surface area contributed by atoms with E-state index in [-0.39, 0.29) is 17.6 Å². The number of methoxy groups -OCH3 is 1. The number of amides is 1. The van der Waals surface area contributed by atoms with Crippen LogP contribution in [0.2, 0.25) is 0 Å². The van der Waals surface area contributed by atoms with Crippen molar-refractivity contribution < 1.29 is 14.5 Å². The van der Waals surface area contributed by atoms with Gasteiger partial charge in [0.15, 0.2) is 0 Å². The number of para-hydroxylation sites is 2. The van der Waals surface area contributed by atoms with Crippen LogP contribution in [0.1, 0.15) is 12.5 Å². The molecule has 0 spiro atoms. The second-order valence-corrected chi connectivity index (χ2v) is 7.12. The van der Waals surface area contributed by atoms with Crippen LogP contribution in [0.25, 0.3) is 0 Å². The summed E-state index contributed by atoms with van der Waals surface area (Å²) in [4.78, 5) is 27.5. The van der Waals surface area contributed by atoms with Gasteiger partial charge in [0, 0.05) is 44.0 Å². The van der Waals surface area contributed by atoms with Crippen molar-refractivity contribution in [3.05, 3.63) is 58.1 Å². The molecule has 0 saturated carbocycles. The first-order valence-electron chi connectivity index (χ1n) is 9.58. The van der Waals surface area contributed by atoms with Crippen LogP contribution in [-0.4, -0.2) is 55.1 Å². The number of carbonyl (C=O) groups is 1. The largest absolute Gasteiger partial charge is 0.495 e. The average molecular weight is 398 g/mol. The highest BCUT2D eigenvalue weighted by molar-refractivity contribution is 5.95. The number of nitrogens with one attached hydrogen (secondary N) is 1. The van der Waals surface area contributed by atoms with Gasteiger partial charge >= 0.3 is 0 Å². The monoisotopic (exact) mass is 398 g/mol. The molecule has 8 heteroatoms. The average Bonchev–Trinajstić information content (AvgIpc) is 2.74. The zero-order chi connectivity index (χ0) is 21.0. The van der Waals surface area contributed by atoms with Crippen molar-refractivity contribution in [2.24, 2.45) is 0 Å². The Labute approximate surface area is 170 Å². The summed E-state index contributed by atoms with van der Waals surface area (Å²) in [6.07, 6.45) is 0. The first-order chi connectivity index (χ1) is 13.9. The summed E-state index contributed by atoms with van der Waals surface area (Å²) in [6, 6.07) is 12.1. The number of benzene rings is 2. The topological polar surface area (TPSA) is 88.0 Å². The molecular weight excluding hydrogens is 372 g/mol. The highest BCUT2D eigenvalue weighted by Gasteiger charge is 2.27. The number of carbonyl (C=O) groups excluding carboxylic acids is 1. The van der Waals surface area contributed by atoms with Crippen molar-refractivity contribution in [3.8, 4) is 5.75 Å². The maximum atomic E-state index is 12.7. The molecule has 1 amide bonds. The SMILES string of the molecule is COc1ccccc1N1CCN([C@@H](C)C(=O)Nc2ccc([N+](=O)[O-])cc2C)CC1. The van der Waals surface area contributed by atoms with Crippen LogP contribution in [0.4, 0.5) is 17.1 Å². The summed E-state index contributed by atoms with van der Waals surface area (Å²) in [5.41, 5.74) is 2.34. The summed E-state index contributed by atoms with van der Waals surface area (Å²) in [7, 11) is 1.67. The maximum Gasteiger partial charge on any atom is 0.269 e. The molecule has 1 aliphatic heterocycles. The number of hydrogen-bond acceptors (Lipinski definition) is 6. The minimum absolute atomic E-state index is 0.0148. The number of non-ortho nitro benzene ring substituents is 1. The predicted octanol–water partition coefficient (Wildman–Crippen LogP) is 3.06. The Morgan fingerprint density at radius 1 is 1.17 bits per heavy atom. The van der Waals surface area contributed by atoms with Crippen molar-refractivity contribution >= 4 is 23.0 Å². The van der Waals surface area contributed by atoms with E-state index in [0.717, 1.165) is 37.6 Å². The maximum absolute atomic E-state index is 12.7. The van der Waals surface area contributed by atoms with E-state index in [1.807, 2.05) is 31.2 Å². The second-order valence-electron chi connectivity index (χ2n) is 7.12. The van der Waals surface area contributed by atoms with E-state index in [4.69, 9.17) is 4.74 Å². The van der Waals surface area contributed by atoms with E-state index in [2.05, 4.69) is 15.1 Å². The van der Waals surface area contributed by atoms with Crippen LogP contribution in [0.5, 0.6) is 5.75 Å². The Balaban J connectivity index is 1.59. The summed E-state index contributed by atoms with van der Waals surface area (Å²) >= 11 is 0. The Morgan fingerprint density at radius 2 is 1.86 bits per heavy atom. The lowest BCUT2D eigenvalue weighted by Gasteiger charge is -2.38. The van der Waals surface area contributed by atoms with Gasteiger partial charge in [-0.15, -0.1) is 0 Å². The molecule has 1 heterocycles. The van der Waals surface area contributed by atoms with Crippen molar-refractivity contribution in [2.75, 3.05) is 43.5 Å². The van der Waals surface area contributed by atoms with Gasteiger partial charge in [-0.1, -0.05) is 12.1 Å². The van der Waals surface area contributed by atoms with Gasteiger partial charge in [0.25, 0.3) is 5.69 Å². The number of ether oxygens (including phenoxy) is 1. The van der Waals surface area contributed by atoms with Gasteiger partial charge in [0.2, 0.25) is 5.91 Å². The fourth-order valence-electron chi connectivity index (χ4n) is 3.55. The molecule has 154 valence electrons. The Hall–Kier alpha value is -3.13. The number of aryl methyl sites for hydroxylation is 1. The second kappa shape index (κ2) is 8.91. The smallest absolute Gasteiger partial charge is 0.269 e. The number of nitro benzene ring substituents is 1. The summed E-state index contributed by atoms with van der Waals surface area (Å²) in [5.74, 6) is 0.730. The van der Waals surface area contributed by atoms with Crippen LogP contribution < -0.4 is 15.0 Å². The lowest BCUT2D eigenvalue weighted by Crippen LogP contribution is -2.52. The van der Waals surface area contributed by atoms with E-state index in [0.29, 0.717) is 11.3 Å². The third kappa shape index (κ3) is 4.65. The lowest BCUT2D eigenvalue weighted by atomic mass is 10.1. The molecule has 1 saturated heterocycles. The summed E-state index contributed by atoms with van der Waals surface area (Å²) in [5, 5.41) is 13.8. The zero-order valence-electron chi connectivity index (χ0n) is 16.9. The van der Waals surface area contributed by atoms with Gasteiger partial charge in [-0.25, -0.2) is 0 Å². The molecule has 1 fully saturated rings. The molecule has 2 aromatic rings. The van der Waals surface area contributed by atoms with Crippen molar-refractivity contribution in [2.45, 2.75) is 19.9 Å². The van der Waals surface area contributed by atoms with Crippen molar-refractivity contribution in [3.63, 3.8) is 0 Å². The van der Waals surface area contributed by atoms with Crippen LogP contribution in [-0.2, 0) is 4.79 Å². The van der Waals surface area contributed by atoms with Gasteiger partial charge in [0.05, 0.1) is 23.8 Å². The van der Waals surface area contributed by atoms with Crippen LogP contribution in [0.15, 0.2) is 42.5 Å². The van der Waals surface area contributed by atoms with Gasteiger partial charge in [0.1, 0.15) is 5.75 Å². The summed E-state index contributed by atoms with van der Waals surface area (Å²) in [6.45, 7) is 6.75. The Kier molecular flexibility index (Phi) is 6.33. The van der Waals surface area contributed by atoms with Crippen LogP contribution >= 0.6 is 0 Å². The van der Waals surface area contributed by atoms with Gasteiger partial charge < -0.3 is 15.0 Å². The molecular formula is C21H26N4O4. The molecule has 29 heavy (non-hydrogen) atoms. The predicted molar refractivity (Wildman–Crippen MR) is 113 cm³/mol. The highest BCUT2D eigenvalue weighted by atomic mass is 16.6. The standard InChI is InChI=1S/C21H26N4O4/c1-15-14-17(25(27)28)8-9-18(15)22-21(26)16(2)23-10-12-24(13-11-23)19-6-4-5-7-20(19)29-3/h4-9,14,16H,10-13H2,1-3H3,(H,22,26)/t16-/m0/s1. The van der Waals surface area contributed by atoms with Gasteiger partial charge in [-0.05, 0) is 37.6 Å². The molecule has 2 aromatic carbocycles. The number of nitrogens with zero attached hydrogens (tertiary/aromatic N) is 3. The van der Waals surface area contributed by atoms with E-state index in [9.17, 15) is 14.9 Å². The minimum Gasteiger partial charge on any atom is -0.495 e. The van der Waals surface area contributed by atoms with Gasteiger partial charge in [-0.2, -0.15) is 0 Å². The first-order valence-corrected chi connectivity index (χ1v) is 9.58. The number of nitro groups is 1. The molecule has 3 rings (SSSR count). The summed E-state index contributed by atoms with van der Waals surface area (Å²) < 4.78 is 5.45. The zero-order valence-corrected chi connectivity index (χ0v) is 16.9. The highest BCUT2D eigenvalue weighted by Crippen LogP contribution is 2.28. The molecule has 1 aliphatic rings. The van der Waals surface area contributed by atoms with E-state index >= 15 is 0 Å². The lowest BCUT2D eigenvalue weighted by molar-refractivity contribution is -0.384. The first kappa shape index (κ1) is 20.6. The molecule has 1 atom stereocenters. The molecule has 0 radical (unpaired) electrons. The Bertz CT molecular complexity index is 894. The van der Waals surface area contributed by atoms with Crippen LogP contribution in [0, 0.1) is 17.0 Å². The molecule has 1 N–H and O–H groups in total. The van der Waals surface area contributed by atoms with E-state index < -0.39 is 4.92 Å². The third-order valence-corrected chi connectivity index (χ3v) is 5.35.